The van der Waals surface area contributed by atoms with Crippen molar-refractivity contribution in [3.05, 3.63) is 47.5 Å². The molecule has 0 spiro atoms. The van der Waals surface area contributed by atoms with Gasteiger partial charge >= 0.3 is 10.4 Å². The van der Waals surface area contributed by atoms with Crippen molar-refractivity contribution >= 4 is 16.5 Å². The van der Waals surface area contributed by atoms with E-state index in [1.807, 2.05) is 0 Å². The van der Waals surface area contributed by atoms with Crippen LogP contribution >= 0.6 is 0 Å². The molecule has 1 saturated heterocycles. The SMILES string of the molecule is O=S(=O)(O)Oc1ccc(/C=C/C(O)c2c(O)cc(O)c(OC3OC(CO)C(O)C(O)C3O)c2O)cc1. The Morgan fingerprint density at radius 1 is 1.00 bits per heavy atom. The second kappa shape index (κ2) is 10.9. The first kappa shape index (κ1) is 27.4. The standard InChI is InChI=1S/C21H24O14S/c22-8-14-16(26)18(28)19(29)21(33-14)34-20-13(25)7-12(24)15(17(20)27)11(23)6-3-9-1-4-10(5-2-9)35-36(30,31)32/h1-7,11,14,16,18-19,21-29H,8H2,(H,30,31,32)/b6-3+. The number of benzene rings is 2. The van der Waals surface area contributed by atoms with Gasteiger partial charge < -0.3 is 54.5 Å². The molecular formula is C21H24O14S. The van der Waals surface area contributed by atoms with Crippen LogP contribution in [0.2, 0.25) is 0 Å². The number of aliphatic hydroxyl groups excluding tert-OH is 5. The lowest BCUT2D eigenvalue weighted by atomic mass is 9.99. The molecule has 0 saturated carbocycles. The summed E-state index contributed by atoms with van der Waals surface area (Å²) in [6.45, 7) is -0.754. The molecule has 0 amide bonds. The largest absolute Gasteiger partial charge is 0.507 e. The van der Waals surface area contributed by atoms with Gasteiger partial charge in [-0.05, 0) is 17.7 Å². The van der Waals surface area contributed by atoms with Crippen LogP contribution in [0.1, 0.15) is 17.2 Å². The Kier molecular flexibility index (Phi) is 8.27. The zero-order chi connectivity index (χ0) is 26.8. The second-order valence-electron chi connectivity index (χ2n) is 7.71. The van der Waals surface area contributed by atoms with Gasteiger partial charge in [0.1, 0.15) is 42.0 Å². The number of hydrogen-bond donors (Lipinski definition) is 9. The molecule has 2 aromatic rings. The van der Waals surface area contributed by atoms with Crippen LogP contribution in [0.15, 0.2) is 36.4 Å². The van der Waals surface area contributed by atoms with Gasteiger partial charge in [0.05, 0.1) is 12.2 Å². The van der Waals surface area contributed by atoms with Gasteiger partial charge in [-0.15, -0.1) is 0 Å². The van der Waals surface area contributed by atoms with Crippen LogP contribution in [0.4, 0.5) is 0 Å². The Labute approximate surface area is 204 Å². The summed E-state index contributed by atoms with van der Waals surface area (Å²) in [7, 11) is -4.70. The first-order valence-electron chi connectivity index (χ1n) is 10.2. The van der Waals surface area contributed by atoms with Gasteiger partial charge in [0, 0.05) is 6.07 Å². The molecular weight excluding hydrogens is 508 g/mol. The van der Waals surface area contributed by atoms with E-state index in [0.717, 1.165) is 12.1 Å². The summed E-state index contributed by atoms with van der Waals surface area (Å²) >= 11 is 0. The van der Waals surface area contributed by atoms with Gasteiger partial charge in [0.25, 0.3) is 0 Å². The van der Waals surface area contributed by atoms with Crippen LogP contribution in [0, 0.1) is 0 Å². The maximum Gasteiger partial charge on any atom is 0.446 e. The summed E-state index contributed by atoms with van der Waals surface area (Å²) in [6.07, 6.45) is -7.70. The molecule has 0 bridgehead atoms. The molecule has 14 nitrogen and oxygen atoms in total. The Morgan fingerprint density at radius 2 is 1.64 bits per heavy atom. The van der Waals surface area contributed by atoms with E-state index in [1.54, 1.807) is 0 Å². The number of hydrogen-bond acceptors (Lipinski definition) is 13. The minimum Gasteiger partial charge on any atom is -0.507 e. The number of phenols is 3. The lowest BCUT2D eigenvalue weighted by molar-refractivity contribution is -0.277. The normalized spacial score (nSPS) is 25.6. The quantitative estimate of drug-likeness (QED) is 0.183. The summed E-state index contributed by atoms with van der Waals surface area (Å²) < 4.78 is 44.8. The number of rotatable bonds is 8. The van der Waals surface area contributed by atoms with E-state index in [0.29, 0.717) is 5.56 Å². The van der Waals surface area contributed by atoms with Crippen molar-refractivity contribution in [3.8, 4) is 28.7 Å². The summed E-state index contributed by atoms with van der Waals surface area (Å²) in [5, 5.41) is 80.5. The summed E-state index contributed by atoms with van der Waals surface area (Å²) in [4.78, 5) is 0. The maximum atomic E-state index is 10.7. The summed E-state index contributed by atoms with van der Waals surface area (Å²) in [5.74, 6) is -3.43. The first-order chi connectivity index (χ1) is 16.8. The predicted octanol–water partition coefficient (Wildman–Crippen LogP) is -1.09. The van der Waals surface area contributed by atoms with Crippen molar-refractivity contribution in [1.82, 2.24) is 0 Å². The number of aliphatic hydroxyl groups is 5. The van der Waals surface area contributed by atoms with E-state index >= 15 is 0 Å². The van der Waals surface area contributed by atoms with Crippen LogP contribution in [0.3, 0.4) is 0 Å². The molecule has 2 aromatic carbocycles. The molecule has 0 aliphatic carbocycles. The Bertz CT molecular complexity index is 1190. The molecule has 1 fully saturated rings. The van der Waals surface area contributed by atoms with E-state index in [1.165, 1.54) is 30.3 Å². The average molecular weight is 532 g/mol. The smallest absolute Gasteiger partial charge is 0.446 e. The fourth-order valence-electron chi connectivity index (χ4n) is 3.38. The summed E-state index contributed by atoms with van der Waals surface area (Å²) in [5.41, 5.74) is -0.109. The van der Waals surface area contributed by atoms with Gasteiger partial charge in [0.15, 0.2) is 11.5 Å². The number of phenolic OH excluding ortho intramolecular Hbond substituents is 3. The van der Waals surface area contributed by atoms with Gasteiger partial charge in [0.2, 0.25) is 12.0 Å². The highest BCUT2D eigenvalue weighted by Crippen LogP contribution is 2.47. The Morgan fingerprint density at radius 3 is 2.22 bits per heavy atom. The number of ether oxygens (including phenoxy) is 2. The third kappa shape index (κ3) is 6.15. The van der Waals surface area contributed by atoms with Crippen molar-refractivity contribution in [3.63, 3.8) is 0 Å². The Balaban J connectivity index is 1.83. The molecule has 6 unspecified atom stereocenters. The van der Waals surface area contributed by atoms with E-state index in [4.69, 9.17) is 14.0 Å². The van der Waals surface area contributed by atoms with Crippen molar-refractivity contribution in [2.75, 3.05) is 6.61 Å². The molecule has 3 rings (SSSR count). The zero-order valence-electron chi connectivity index (χ0n) is 18.2. The van der Waals surface area contributed by atoms with E-state index in [9.17, 15) is 49.3 Å². The fraction of sp³-hybridized carbons (Fsp3) is 0.333. The van der Waals surface area contributed by atoms with Crippen LogP contribution in [-0.2, 0) is 15.1 Å². The van der Waals surface area contributed by atoms with E-state index in [2.05, 4.69) is 4.18 Å². The van der Waals surface area contributed by atoms with Gasteiger partial charge in [-0.3, -0.25) is 4.55 Å². The maximum absolute atomic E-state index is 10.7. The molecule has 6 atom stereocenters. The molecule has 1 aliphatic rings. The zero-order valence-corrected chi connectivity index (χ0v) is 19.0. The summed E-state index contributed by atoms with van der Waals surface area (Å²) in [6, 6.07) is 5.89. The van der Waals surface area contributed by atoms with Gasteiger partial charge in [-0.1, -0.05) is 24.3 Å². The van der Waals surface area contributed by atoms with Gasteiger partial charge in [-0.2, -0.15) is 8.42 Å². The number of aromatic hydroxyl groups is 3. The van der Waals surface area contributed by atoms with Crippen LogP contribution < -0.4 is 8.92 Å². The minimum atomic E-state index is -4.70. The van der Waals surface area contributed by atoms with Gasteiger partial charge in [-0.25, -0.2) is 0 Å². The van der Waals surface area contributed by atoms with E-state index in [-0.39, 0.29) is 5.75 Å². The second-order valence-corrected chi connectivity index (χ2v) is 8.73. The molecule has 9 N–H and O–H groups in total. The molecule has 36 heavy (non-hydrogen) atoms. The highest BCUT2D eigenvalue weighted by molar-refractivity contribution is 7.81. The first-order valence-corrected chi connectivity index (χ1v) is 11.6. The third-order valence-electron chi connectivity index (χ3n) is 5.18. The molecule has 0 radical (unpaired) electrons. The van der Waals surface area contributed by atoms with E-state index < -0.39 is 82.4 Å². The topological polar surface area (TPSA) is 244 Å². The van der Waals surface area contributed by atoms with Crippen LogP contribution in [0.5, 0.6) is 28.7 Å². The third-order valence-corrected chi connectivity index (χ3v) is 5.59. The molecule has 198 valence electrons. The Hall–Kier alpha value is -3.15. The molecule has 1 heterocycles. The van der Waals surface area contributed by atoms with Crippen molar-refractivity contribution in [1.29, 1.82) is 0 Å². The minimum absolute atomic E-state index is 0.181. The highest BCUT2D eigenvalue weighted by atomic mass is 32.3. The lowest BCUT2D eigenvalue weighted by Crippen LogP contribution is -2.60. The predicted molar refractivity (Wildman–Crippen MR) is 118 cm³/mol. The van der Waals surface area contributed by atoms with Crippen LogP contribution in [0.25, 0.3) is 6.08 Å². The molecule has 15 heteroatoms. The van der Waals surface area contributed by atoms with Crippen molar-refractivity contribution < 1.29 is 67.5 Å². The van der Waals surface area contributed by atoms with Crippen molar-refractivity contribution in [2.45, 2.75) is 36.8 Å². The molecule has 0 aromatic heterocycles. The molecule has 1 aliphatic heterocycles. The van der Waals surface area contributed by atoms with Crippen LogP contribution in [-0.4, -0.2) is 91.1 Å². The monoisotopic (exact) mass is 532 g/mol. The fourth-order valence-corrected chi connectivity index (χ4v) is 3.74. The highest BCUT2D eigenvalue weighted by Gasteiger charge is 2.45. The lowest BCUT2D eigenvalue weighted by Gasteiger charge is -2.39. The average Bonchev–Trinajstić information content (AvgIpc) is 2.80. The van der Waals surface area contributed by atoms with Crippen molar-refractivity contribution in [2.24, 2.45) is 0 Å².